The summed E-state index contributed by atoms with van der Waals surface area (Å²) in [5.41, 5.74) is -0.533. The number of carbonyl (C=O) groups is 2. The summed E-state index contributed by atoms with van der Waals surface area (Å²) in [7, 11) is 0. The predicted molar refractivity (Wildman–Crippen MR) is 62.6 cm³/mol. The minimum Gasteiger partial charge on any atom is -0.459 e. The SMILES string of the molecule is CC(C)(C)OC(=O)CN1C(=O)CSC1=S. The number of thiocarbonyl (C=S) groups is 1. The summed E-state index contributed by atoms with van der Waals surface area (Å²) >= 11 is 6.21. The van der Waals surface area contributed by atoms with E-state index in [0.29, 0.717) is 10.1 Å². The number of thioether (sulfide) groups is 1. The summed E-state index contributed by atoms with van der Waals surface area (Å²) in [6.07, 6.45) is 0. The molecule has 15 heavy (non-hydrogen) atoms. The summed E-state index contributed by atoms with van der Waals surface area (Å²) in [6.45, 7) is 5.26. The number of hydrogen-bond acceptors (Lipinski definition) is 5. The Hall–Kier alpha value is -0.620. The van der Waals surface area contributed by atoms with E-state index in [9.17, 15) is 9.59 Å². The van der Waals surface area contributed by atoms with Crippen LogP contribution in [-0.2, 0) is 14.3 Å². The first-order chi connectivity index (χ1) is 6.79. The molecule has 0 aromatic rings. The molecule has 1 amide bonds. The molecule has 84 valence electrons. The Bertz CT molecular complexity index is 293. The largest absolute Gasteiger partial charge is 0.459 e. The molecule has 0 spiro atoms. The maximum absolute atomic E-state index is 11.4. The third-order valence-electron chi connectivity index (χ3n) is 1.55. The molecule has 1 saturated heterocycles. The zero-order chi connectivity index (χ0) is 11.6. The van der Waals surface area contributed by atoms with Crippen LogP contribution < -0.4 is 0 Å². The molecule has 0 saturated carbocycles. The number of nitrogens with zero attached hydrogens (tertiary/aromatic N) is 1. The zero-order valence-electron chi connectivity index (χ0n) is 8.90. The second kappa shape index (κ2) is 4.49. The summed E-state index contributed by atoms with van der Waals surface area (Å²) < 4.78 is 5.54. The van der Waals surface area contributed by atoms with Crippen molar-refractivity contribution in [3.8, 4) is 0 Å². The Balaban J connectivity index is 2.51. The van der Waals surface area contributed by atoms with Crippen molar-refractivity contribution in [2.45, 2.75) is 26.4 Å². The molecule has 0 radical (unpaired) electrons. The molecule has 1 aliphatic heterocycles. The predicted octanol–water partition coefficient (Wildman–Crippen LogP) is 1.19. The van der Waals surface area contributed by atoms with Gasteiger partial charge in [0.05, 0.1) is 5.75 Å². The van der Waals surface area contributed by atoms with Crippen LogP contribution in [0.3, 0.4) is 0 Å². The highest BCUT2D eigenvalue weighted by atomic mass is 32.2. The molecular formula is C9H13NO3S2. The van der Waals surface area contributed by atoms with E-state index in [1.807, 2.05) is 0 Å². The van der Waals surface area contributed by atoms with Crippen LogP contribution in [0, 0.1) is 0 Å². The number of ether oxygens (including phenoxy) is 1. The lowest BCUT2D eigenvalue weighted by atomic mass is 10.2. The van der Waals surface area contributed by atoms with Gasteiger partial charge in [0, 0.05) is 0 Å². The van der Waals surface area contributed by atoms with E-state index in [1.165, 1.54) is 16.7 Å². The molecule has 0 N–H and O–H groups in total. The Labute approximate surface area is 98.3 Å². The van der Waals surface area contributed by atoms with Crippen LogP contribution in [0.15, 0.2) is 0 Å². The maximum atomic E-state index is 11.4. The minimum atomic E-state index is -0.533. The third kappa shape index (κ3) is 3.79. The van der Waals surface area contributed by atoms with Crippen molar-refractivity contribution in [1.82, 2.24) is 4.90 Å². The molecule has 0 aliphatic carbocycles. The Morgan fingerprint density at radius 1 is 1.60 bits per heavy atom. The average molecular weight is 247 g/mol. The van der Waals surface area contributed by atoms with Crippen LogP contribution in [0.5, 0.6) is 0 Å². The highest BCUT2D eigenvalue weighted by Crippen LogP contribution is 2.19. The maximum Gasteiger partial charge on any atom is 0.326 e. The molecule has 0 aromatic heterocycles. The monoisotopic (exact) mass is 247 g/mol. The van der Waals surface area contributed by atoms with Crippen LogP contribution in [-0.4, -0.2) is 39.0 Å². The van der Waals surface area contributed by atoms with E-state index in [4.69, 9.17) is 17.0 Å². The van der Waals surface area contributed by atoms with Crippen molar-refractivity contribution < 1.29 is 14.3 Å². The van der Waals surface area contributed by atoms with Crippen LogP contribution >= 0.6 is 24.0 Å². The number of hydrogen-bond donors (Lipinski definition) is 0. The Morgan fingerprint density at radius 2 is 2.20 bits per heavy atom. The van der Waals surface area contributed by atoms with Gasteiger partial charge in [0.25, 0.3) is 0 Å². The fraction of sp³-hybridized carbons (Fsp3) is 0.667. The fourth-order valence-electron chi connectivity index (χ4n) is 1.04. The van der Waals surface area contributed by atoms with E-state index < -0.39 is 11.6 Å². The lowest BCUT2D eigenvalue weighted by molar-refractivity contribution is -0.156. The minimum absolute atomic E-state index is 0.0814. The Kier molecular flexibility index (Phi) is 3.72. The second-order valence-corrected chi connectivity index (χ2v) is 5.73. The third-order valence-corrected chi connectivity index (χ3v) is 2.98. The van der Waals surface area contributed by atoms with E-state index in [2.05, 4.69) is 0 Å². The van der Waals surface area contributed by atoms with Gasteiger partial charge >= 0.3 is 5.97 Å². The standard InChI is InChI=1S/C9H13NO3S2/c1-9(2,3)13-7(12)4-10-6(11)5-15-8(10)14/h4-5H2,1-3H3. The molecule has 0 bridgehead atoms. The van der Waals surface area contributed by atoms with Crippen molar-refractivity contribution >= 4 is 40.2 Å². The first-order valence-electron chi connectivity index (χ1n) is 4.48. The number of carbonyl (C=O) groups excluding carboxylic acids is 2. The summed E-state index contributed by atoms with van der Waals surface area (Å²) in [5.74, 6) is -0.238. The lowest BCUT2D eigenvalue weighted by Gasteiger charge is -2.21. The highest BCUT2D eigenvalue weighted by Gasteiger charge is 2.30. The molecule has 0 unspecified atom stereocenters. The first-order valence-corrected chi connectivity index (χ1v) is 5.88. The van der Waals surface area contributed by atoms with Gasteiger partial charge in [-0.1, -0.05) is 24.0 Å². The fourth-order valence-corrected chi connectivity index (χ4v) is 2.10. The molecule has 1 heterocycles. The van der Waals surface area contributed by atoms with Crippen molar-refractivity contribution in [2.24, 2.45) is 0 Å². The quantitative estimate of drug-likeness (QED) is 0.542. The van der Waals surface area contributed by atoms with E-state index in [0.717, 1.165) is 0 Å². The van der Waals surface area contributed by atoms with Gasteiger partial charge in [-0.05, 0) is 20.8 Å². The normalized spacial score (nSPS) is 17.1. The zero-order valence-corrected chi connectivity index (χ0v) is 10.5. The molecule has 1 aliphatic rings. The van der Waals surface area contributed by atoms with Crippen LogP contribution in [0.25, 0.3) is 0 Å². The van der Waals surface area contributed by atoms with Crippen molar-refractivity contribution in [3.63, 3.8) is 0 Å². The van der Waals surface area contributed by atoms with Crippen molar-refractivity contribution in [3.05, 3.63) is 0 Å². The molecular weight excluding hydrogens is 234 g/mol. The van der Waals surface area contributed by atoms with Gasteiger partial charge in [0.2, 0.25) is 5.91 Å². The molecule has 6 heteroatoms. The van der Waals surface area contributed by atoms with Gasteiger partial charge < -0.3 is 4.74 Å². The second-order valence-electron chi connectivity index (χ2n) is 4.12. The number of amides is 1. The average Bonchev–Trinajstić information content (AvgIpc) is 2.32. The molecule has 0 atom stereocenters. The van der Waals surface area contributed by atoms with Gasteiger partial charge in [-0.2, -0.15) is 0 Å². The van der Waals surface area contributed by atoms with E-state index in [-0.39, 0.29) is 12.5 Å². The Morgan fingerprint density at radius 3 is 2.60 bits per heavy atom. The first kappa shape index (κ1) is 12.4. The topological polar surface area (TPSA) is 46.6 Å². The van der Waals surface area contributed by atoms with Gasteiger partial charge in [-0.15, -0.1) is 0 Å². The van der Waals surface area contributed by atoms with Crippen molar-refractivity contribution in [1.29, 1.82) is 0 Å². The highest BCUT2D eigenvalue weighted by molar-refractivity contribution is 8.23. The molecule has 4 nitrogen and oxygen atoms in total. The van der Waals surface area contributed by atoms with Gasteiger partial charge in [-0.3, -0.25) is 14.5 Å². The van der Waals surface area contributed by atoms with Crippen LogP contribution in [0.4, 0.5) is 0 Å². The number of rotatable bonds is 2. The van der Waals surface area contributed by atoms with Crippen molar-refractivity contribution in [2.75, 3.05) is 12.3 Å². The lowest BCUT2D eigenvalue weighted by Crippen LogP contribution is -2.37. The van der Waals surface area contributed by atoms with E-state index in [1.54, 1.807) is 20.8 Å². The van der Waals surface area contributed by atoms with Crippen LogP contribution in [0.2, 0.25) is 0 Å². The van der Waals surface area contributed by atoms with Gasteiger partial charge in [-0.25, -0.2) is 0 Å². The van der Waals surface area contributed by atoms with Gasteiger partial charge in [0.15, 0.2) is 0 Å². The van der Waals surface area contributed by atoms with Crippen LogP contribution in [0.1, 0.15) is 20.8 Å². The van der Waals surface area contributed by atoms with Gasteiger partial charge in [0.1, 0.15) is 16.5 Å². The molecule has 1 fully saturated rings. The summed E-state index contributed by atoms with van der Waals surface area (Å²) in [5, 5.41) is 0. The summed E-state index contributed by atoms with van der Waals surface area (Å²) in [4.78, 5) is 24.0. The molecule has 0 aromatic carbocycles. The number of esters is 1. The smallest absolute Gasteiger partial charge is 0.326 e. The van der Waals surface area contributed by atoms with E-state index >= 15 is 0 Å². The summed E-state index contributed by atoms with van der Waals surface area (Å²) in [6, 6.07) is 0. The molecule has 1 rings (SSSR count).